The van der Waals surface area contributed by atoms with Crippen LogP contribution in [0.15, 0.2) is 48.7 Å². The number of hydrogen-bond acceptors (Lipinski definition) is 3. The van der Waals surface area contributed by atoms with Crippen LogP contribution in [0, 0.1) is 0 Å². The highest BCUT2D eigenvalue weighted by Crippen LogP contribution is 2.30. The molecule has 4 rings (SSSR count). The molecule has 0 saturated carbocycles. The molecule has 1 unspecified atom stereocenters. The highest BCUT2D eigenvalue weighted by atomic mass is 35.5. The van der Waals surface area contributed by atoms with Gasteiger partial charge in [0.2, 0.25) is 0 Å². The van der Waals surface area contributed by atoms with Gasteiger partial charge < -0.3 is 0 Å². The smallest absolute Gasteiger partial charge is 0.200 e. The highest BCUT2D eigenvalue weighted by Gasteiger charge is 2.23. The number of halogens is 1. The Hall–Kier alpha value is -2.20. The number of fused-ring (bicyclic) bond motifs is 1. The van der Waals surface area contributed by atoms with Gasteiger partial charge in [0, 0.05) is 24.2 Å². The minimum absolute atomic E-state index is 0.451. The van der Waals surface area contributed by atoms with Crippen molar-refractivity contribution in [2.24, 2.45) is 0 Å². The van der Waals surface area contributed by atoms with Crippen LogP contribution in [-0.2, 0) is 13.0 Å². The van der Waals surface area contributed by atoms with Crippen LogP contribution in [0.3, 0.4) is 0 Å². The fourth-order valence-corrected chi connectivity index (χ4v) is 3.15. The molecule has 0 spiro atoms. The van der Waals surface area contributed by atoms with Gasteiger partial charge in [0.05, 0.1) is 0 Å². The van der Waals surface area contributed by atoms with Gasteiger partial charge in [-0.15, -0.1) is 5.10 Å². The third-order valence-electron chi connectivity index (χ3n) is 4.08. The molecule has 0 aliphatic carbocycles. The topological polar surface area (TPSA) is 43.6 Å². The van der Waals surface area contributed by atoms with Gasteiger partial charge in [0.1, 0.15) is 11.5 Å². The molecule has 3 heterocycles. The molecule has 0 N–H and O–H groups in total. The lowest BCUT2D eigenvalue weighted by molar-refractivity contribution is 0.434. The van der Waals surface area contributed by atoms with Crippen molar-refractivity contribution in [3.63, 3.8) is 0 Å². The van der Waals surface area contributed by atoms with E-state index in [-0.39, 0.29) is 0 Å². The highest BCUT2D eigenvalue weighted by molar-refractivity contribution is 6.30. The summed E-state index contributed by atoms with van der Waals surface area (Å²) < 4.78 is 2.01. The summed E-state index contributed by atoms with van der Waals surface area (Å²) in [5.74, 6) is 2.19. The van der Waals surface area contributed by atoms with Gasteiger partial charge in [-0.2, -0.15) is 0 Å². The van der Waals surface area contributed by atoms with E-state index < -0.39 is 0 Å². The first-order valence-corrected chi connectivity index (χ1v) is 7.78. The van der Waals surface area contributed by atoms with Gasteiger partial charge in [-0.3, -0.25) is 4.98 Å². The third-order valence-corrected chi connectivity index (χ3v) is 4.32. The Morgan fingerprint density at radius 3 is 2.91 bits per heavy atom. The Balaban J connectivity index is 1.63. The number of rotatable bonds is 2. The standard InChI is InChI=1S/C17H15ClN4/c18-14-5-3-4-12(10-14)13-7-9-22-16(11-13)20-17(21-22)15-6-1-2-8-19-15/h1-6,8,10,13H,7,9,11H2. The largest absolute Gasteiger partial charge is 0.253 e. The Labute approximate surface area is 133 Å². The van der Waals surface area contributed by atoms with E-state index in [4.69, 9.17) is 11.6 Å². The van der Waals surface area contributed by atoms with Crippen LogP contribution in [0.2, 0.25) is 5.02 Å². The van der Waals surface area contributed by atoms with E-state index in [1.807, 2.05) is 35.0 Å². The van der Waals surface area contributed by atoms with E-state index in [0.29, 0.717) is 11.7 Å². The van der Waals surface area contributed by atoms with Crippen LogP contribution < -0.4 is 0 Å². The van der Waals surface area contributed by atoms with E-state index in [1.165, 1.54) is 5.56 Å². The predicted octanol–water partition coefficient (Wildman–Crippen LogP) is 3.72. The molecule has 1 aliphatic heterocycles. The van der Waals surface area contributed by atoms with E-state index >= 15 is 0 Å². The Kier molecular flexibility index (Phi) is 3.39. The van der Waals surface area contributed by atoms with Gasteiger partial charge in [0.15, 0.2) is 5.82 Å². The van der Waals surface area contributed by atoms with Gasteiger partial charge >= 0.3 is 0 Å². The summed E-state index contributed by atoms with van der Waals surface area (Å²) in [6.07, 6.45) is 3.71. The third kappa shape index (κ3) is 2.50. The average molecular weight is 311 g/mol. The normalized spacial score (nSPS) is 17.2. The zero-order valence-electron chi connectivity index (χ0n) is 12.0. The number of aryl methyl sites for hydroxylation is 1. The molecule has 1 aliphatic rings. The minimum atomic E-state index is 0.451. The lowest BCUT2D eigenvalue weighted by Crippen LogP contribution is -2.19. The SMILES string of the molecule is Clc1cccc(C2CCn3nc(-c4ccccn4)nc3C2)c1. The zero-order valence-corrected chi connectivity index (χ0v) is 12.7. The molecule has 0 fully saturated rings. The fourth-order valence-electron chi connectivity index (χ4n) is 2.95. The van der Waals surface area contributed by atoms with Crippen molar-refractivity contribution in [2.75, 3.05) is 0 Å². The van der Waals surface area contributed by atoms with Crippen LogP contribution in [0.1, 0.15) is 23.7 Å². The van der Waals surface area contributed by atoms with Crippen LogP contribution >= 0.6 is 11.6 Å². The van der Waals surface area contributed by atoms with Crippen LogP contribution in [-0.4, -0.2) is 19.7 Å². The second-order valence-corrected chi connectivity index (χ2v) is 5.97. The van der Waals surface area contributed by atoms with Crippen LogP contribution in [0.25, 0.3) is 11.5 Å². The fraction of sp³-hybridized carbons (Fsp3) is 0.235. The quantitative estimate of drug-likeness (QED) is 0.724. The molecule has 3 aromatic rings. The zero-order chi connectivity index (χ0) is 14.9. The molecule has 4 nitrogen and oxygen atoms in total. The van der Waals surface area contributed by atoms with Crippen LogP contribution in [0.5, 0.6) is 0 Å². The Morgan fingerprint density at radius 1 is 1.14 bits per heavy atom. The monoisotopic (exact) mass is 310 g/mol. The van der Waals surface area contributed by atoms with E-state index in [1.54, 1.807) is 6.20 Å². The van der Waals surface area contributed by atoms with Gasteiger partial charge in [0.25, 0.3) is 0 Å². The predicted molar refractivity (Wildman–Crippen MR) is 85.8 cm³/mol. The van der Waals surface area contributed by atoms with Crippen molar-refractivity contribution in [1.82, 2.24) is 19.7 Å². The number of aromatic nitrogens is 4. The van der Waals surface area contributed by atoms with Gasteiger partial charge in [-0.1, -0.05) is 29.8 Å². The molecule has 2 aromatic heterocycles. The number of hydrogen-bond donors (Lipinski definition) is 0. The van der Waals surface area contributed by atoms with Crippen LogP contribution in [0.4, 0.5) is 0 Å². The molecule has 0 bridgehead atoms. The first-order valence-electron chi connectivity index (χ1n) is 7.40. The lowest BCUT2D eigenvalue weighted by atomic mass is 9.90. The first kappa shape index (κ1) is 13.5. The molecule has 0 radical (unpaired) electrons. The first-order chi connectivity index (χ1) is 10.8. The van der Waals surface area contributed by atoms with Crippen molar-refractivity contribution in [1.29, 1.82) is 0 Å². The minimum Gasteiger partial charge on any atom is -0.253 e. The van der Waals surface area contributed by atoms with Gasteiger partial charge in [-0.25, -0.2) is 9.67 Å². The summed E-state index contributed by atoms with van der Waals surface area (Å²) in [6.45, 7) is 0.881. The van der Waals surface area contributed by atoms with Crippen molar-refractivity contribution < 1.29 is 0 Å². The summed E-state index contributed by atoms with van der Waals surface area (Å²) in [5, 5.41) is 5.37. The van der Waals surface area contributed by atoms with E-state index in [2.05, 4.69) is 27.2 Å². The molecule has 110 valence electrons. The molecule has 0 saturated heterocycles. The van der Waals surface area contributed by atoms with Gasteiger partial charge in [-0.05, 0) is 42.2 Å². The molecule has 22 heavy (non-hydrogen) atoms. The number of benzene rings is 1. The van der Waals surface area contributed by atoms with E-state index in [9.17, 15) is 0 Å². The Bertz CT molecular complexity index is 797. The summed E-state index contributed by atoms with van der Waals surface area (Å²) in [6, 6.07) is 13.9. The second-order valence-electron chi connectivity index (χ2n) is 5.53. The summed E-state index contributed by atoms with van der Waals surface area (Å²) in [4.78, 5) is 9.00. The second kappa shape index (κ2) is 5.54. The summed E-state index contributed by atoms with van der Waals surface area (Å²) in [5.41, 5.74) is 2.10. The van der Waals surface area contributed by atoms with E-state index in [0.717, 1.165) is 35.9 Å². The van der Waals surface area contributed by atoms with Crippen molar-refractivity contribution >= 4 is 11.6 Å². The molecular formula is C17H15ClN4. The summed E-state index contributed by atoms with van der Waals surface area (Å²) in [7, 11) is 0. The Morgan fingerprint density at radius 2 is 2.09 bits per heavy atom. The maximum Gasteiger partial charge on any atom is 0.200 e. The maximum atomic E-state index is 6.11. The summed E-state index contributed by atoms with van der Waals surface area (Å²) >= 11 is 6.11. The molecule has 0 amide bonds. The maximum absolute atomic E-state index is 6.11. The molecule has 5 heteroatoms. The lowest BCUT2D eigenvalue weighted by Gasteiger charge is -2.22. The molecule has 1 atom stereocenters. The van der Waals surface area contributed by atoms with Crippen molar-refractivity contribution in [3.05, 3.63) is 65.1 Å². The molecule has 1 aromatic carbocycles. The van der Waals surface area contributed by atoms with Crippen molar-refractivity contribution in [3.8, 4) is 11.5 Å². The average Bonchev–Trinajstić information content (AvgIpc) is 2.99. The molecular weight excluding hydrogens is 296 g/mol. The number of pyridine rings is 1. The van der Waals surface area contributed by atoms with Crippen molar-refractivity contribution in [2.45, 2.75) is 25.3 Å². The number of nitrogens with zero attached hydrogens (tertiary/aromatic N) is 4.